The lowest BCUT2D eigenvalue weighted by Crippen LogP contribution is -2.41. The van der Waals surface area contributed by atoms with E-state index in [1.54, 1.807) is 4.57 Å². The average molecular weight is 520 g/mol. The molecule has 0 bridgehead atoms. The van der Waals surface area contributed by atoms with Crippen LogP contribution in [0.3, 0.4) is 0 Å². The van der Waals surface area contributed by atoms with Crippen molar-refractivity contribution in [3.63, 3.8) is 0 Å². The van der Waals surface area contributed by atoms with Gasteiger partial charge in [0.2, 0.25) is 0 Å². The Kier molecular flexibility index (Phi) is 8.15. The second kappa shape index (κ2) is 11.9. The van der Waals surface area contributed by atoms with Crippen LogP contribution in [-0.2, 0) is 17.9 Å². The standard InChI is InChI=1S/C30H37N3O5/c34-27(35)16-9-17-32-29(36)28-25(33(30(32)37)24-14-7-8-15-24)18-23(31-22-12-5-2-6-13-22)19-26(28)38-20-21-10-3-1-4-11-21/h1,3-4,10-11,18-19,22,24,31H,2,5-9,12-17,20H2,(H,34,35). The van der Waals surface area contributed by atoms with Crippen molar-refractivity contribution >= 4 is 22.6 Å². The molecule has 202 valence electrons. The molecule has 1 aromatic heterocycles. The summed E-state index contributed by atoms with van der Waals surface area (Å²) in [6, 6.07) is 14.0. The van der Waals surface area contributed by atoms with E-state index < -0.39 is 11.5 Å². The topological polar surface area (TPSA) is 103 Å². The van der Waals surface area contributed by atoms with E-state index in [0.717, 1.165) is 49.8 Å². The molecular weight excluding hydrogens is 482 g/mol. The van der Waals surface area contributed by atoms with E-state index in [9.17, 15) is 14.4 Å². The number of benzene rings is 2. The van der Waals surface area contributed by atoms with Crippen molar-refractivity contribution in [2.24, 2.45) is 0 Å². The minimum Gasteiger partial charge on any atom is -0.488 e. The van der Waals surface area contributed by atoms with E-state index in [2.05, 4.69) is 5.32 Å². The lowest BCUT2D eigenvalue weighted by molar-refractivity contribution is -0.137. The van der Waals surface area contributed by atoms with Crippen LogP contribution in [0.1, 0.15) is 82.2 Å². The fraction of sp³-hybridized carbons (Fsp3) is 0.500. The van der Waals surface area contributed by atoms with Gasteiger partial charge >= 0.3 is 11.7 Å². The van der Waals surface area contributed by atoms with E-state index in [4.69, 9.17) is 9.84 Å². The molecule has 0 radical (unpaired) electrons. The quantitative estimate of drug-likeness (QED) is 0.368. The first-order valence-corrected chi connectivity index (χ1v) is 14.0. The molecule has 0 saturated heterocycles. The number of ether oxygens (including phenoxy) is 1. The summed E-state index contributed by atoms with van der Waals surface area (Å²) in [5.41, 5.74) is 1.67. The van der Waals surface area contributed by atoms with Gasteiger partial charge in [-0.2, -0.15) is 0 Å². The Labute approximate surface area is 222 Å². The van der Waals surface area contributed by atoms with Gasteiger partial charge < -0.3 is 15.2 Å². The molecule has 38 heavy (non-hydrogen) atoms. The lowest BCUT2D eigenvalue weighted by Gasteiger charge is -2.26. The number of anilines is 1. The number of carbonyl (C=O) groups is 1. The molecule has 2 fully saturated rings. The highest BCUT2D eigenvalue weighted by Gasteiger charge is 2.26. The van der Waals surface area contributed by atoms with Crippen LogP contribution in [0.15, 0.2) is 52.1 Å². The lowest BCUT2D eigenvalue weighted by atomic mass is 9.95. The van der Waals surface area contributed by atoms with Gasteiger partial charge in [-0.1, -0.05) is 62.4 Å². The molecule has 2 aliphatic rings. The van der Waals surface area contributed by atoms with Crippen LogP contribution < -0.4 is 21.3 Å². The summed E-state index contributed by atoms with van der Waals surface area (Å²) in [5.74, 6) is -0.492. The van der Waals surface area contributed by atoms with Crippen LogP contribution >= 0.6 is 0 Å². The number of hydrogen-bond donors (Lipinski definition) is 2. The number of hydrogen-bond acceptors (Lipinski definition) is 5. The highest BCUT2D eigenvalue weighted by atomic mass is 16.5. The van der Waals surface area contributed by atoms with Crippen molar-refractivity contribution < 1.29 is 14.6 Å². The highest BCUT2D eigenvalue weighted by Crippen LogP contribution is 2.35. The molecule has 2 saturated carbocycles. The maximum absolute atomic E-state index is 13.8. The first-order chi connectivity index (χ1) is 18.5. The van der Waals surface area contributed by atoms with Crippen molar-refractivity contribution in [2.75, 3.05) is 5.32 Å². The van der Waals surface area contributed by atoms with Crippen molar-refractivity contribution in [3.05, 3.63) is 68.9 Å². The summed E-state index contributed by atoms with van der Waals surface area (Å²) in [6.07, 6.45) is 9.76. The molecule has 2 N–H and O–H groups in total. The zero-order chi connectivity index (χ0) is 26.5. The Hall–Kier alpha value is -3.55. The molecule has 2 aliphatic carbocycles. The zero-order valence-corrected chi connectivity index (χ0v) is 21.9. The Morgan fingerprint density at radius 1 is 0.974 bits per heavy atom. The highest BCUT2D eigenvalue weighted by molar-refractivity contribution is 5.88. The maximum atomic E-state index is 13.8. The van der Waals surface area contributed by atoms with Crippen LogP contribution in [0.4, 0.5) is 5.69 Å². The molecule has 0 aliphatic heterocycles. The minimum atomic E-state index is -0.944. The van der Waals surface area contributed by atoms with Crippen molar-refractivity contribution in [3.8, 4) is 5.75 Å². The molecule has 0 spiro atoms. The van der Waals surface area contributed by atoms with Gasteiger partial charge in [-0.3, -0.25) is 18.7 Å². The predicted molar refractivity (Wildman–Crippen MR) is 148 cm³/mol. The largest absolute Gasteiger partial charge is 0.488 e. The number of aromatic nitrogens is 2. The van der Waals surface area contributed by atoms with Gasteiger partial charge in [0.1, 0.15) is 17.7 Å². The van der Waals surface area contributed by atoms with E-state index in [0.29, 0.717) is 29.3 Å². The Morgan fingerprint density at radius 3 is 2.39 bits per heavy atom. The Balaban J connectivity index is 1.64. The first kappa shape index (κ1) is 26.1. The number of nitrogens with zero attached hydrogens (tertiary/aromatic N) is 2. The SMILES string of the molecule is O=C(O)CCCn1c(=O)c2c(OCc3ccccc3)cc(NC3CCCCC3)cc2n(C2CCCC2)c1=O. The number of carboxylic acid groups (broad SMARTS) is 1. The summed E-state index contributed by atoms with van der Waals surface area (Å²) >= 11 is 0. The molecule has 0 atom stereocenters. The molecule has 2 aromatic carbocycles. The second-order valence-corrected chi connectivity index (χ2v) is 10.7. The molecular formula is C30H37N3O5. The molecule has 0 amide bonds. The predicted octanol–water partition coefficient (Wildman–Crippen LogP) is 5.47. The van der Waals surface area contributed by atoms with Gasteiger partial charge in [-0.15, -0.1) is 0 Å². The third kappa shape index (κ3) is 5.79. The third-order valence-corrected chi connectivity index (χ3v) is 7.91. The van der Waals surface area contributed by atoms with Crippen LogP contribution in [0, 0.1) is 0 Å². The van der Waals surface area contributed by atoms with Gasteiger partial charge in [0.05, 0.1) is 5.52 Å². The minimum absolute atomic E-state index is 0.00299. The van der Waals surface area contributed by atoms with Crippen LogP contribution in [-0.4, -0.2) is 26.3 Å². The van der Waals surface area contributed by atoms with Crippen LogP contribution in [0.25, 0.3) is 10.9 Å². The average Bonchev–Trinajstić information content (AvgIpc) is 3.44. The summed E-state index contributed by atoms with van der Waals surface area (Å²) in [7, 11) is 0. The van der Waals surface area contributed by atoms with E-state index in [1.807, 2.05) is 42.5 Å². The zero-order valence-electron chi connectivity index (χ0n) is 21.9. The summed E-state index contributed by atoms with van der Waals surface area (Å²) in [6.45, 7) is 0.358. The number of rotatable bonds is 10. The fourth-order valence-corrected chi connectivity index (χ4v) is 5.98. The summed E-state index contributed by atoms with van der Waals surface area (Å²) in [4.78, 5) is 38.7. The van der Waals surface area contributed by atoms with Gasteiger partial charge in [0, 0.05) is 36.8 Å². The fourth-order valence-electron chi connectivity index (χ4n) is 5.98. The normalized spacial score (nSPS) is 16.6. The van der Waals surface area contributed by atoms with Gasteiger partial charge in [-0.05, 0) is 43.7 Å². The van der Waals surface area contributed by atoms with Crippen molar-refractivity contribution in [1.82, 2.24) is 9.13 Å². The molecule has 8 heteroatoms. The summed E-state index contributed by atoms with van der Waals surface area (Å²) < 4.78 is 9.31. The van der Waals surface area contributed by atoms with Crippen LogP contribution in [0.2, 0.25) is 0 Å². The Bertz CT molecular complexity index is 1380. The van der Waals surface area contributed by atoms with Crippen LogP contribution in [0.5, 0.6) is 5.75 Å². The number of fused-ring (bicyclic) bond motifs is 1. The second-order valence-electron chi connectivity index (χ2n) is 10.7. The van der Waals surface area contributed by atoms with Gasteiger partial charge in [0.15, 0.2) is 0 Å². The summed E-state index contributed by atoms with van der Waals surface area (Å²) in [5, 5.41) is 13.2. The monoisotopic (exact) mass is 519 g/mol. The number of carboxylic acids is 1. The molecule has 0 unspecified atom stereocenters. The maximum Gasteiger partial charge on any atom is 0.331 e. The smallest absolute Gasteiger partial charge is 0.331 e. The first-order valence-electron chi connectivity index (χ1n) is 14.0. The number of aliphatic carboxylic acids is 1. The van der Waals surface area contributed by atoms with Gasteiger partial charge in [-0.25, -0.2) is 4.79 Å². The van der Waals surface area contributed by atoms with Crippen molar-refractivity contribution in [2.45, 2.75) is 95.9 Å². The van der Waals surface area contributed by atoms with E-state index in [-0.39, 0.29) is 31.1 Å². The molecule has 3 aromatic rings. The number of nitrogens with one attached hydrogen (secondary N) is 1. The third-order valence-electron chi connectivity index (χ3n) is 7.91. The molecule has 8 nitrogen and oxygen atoms in total. The Morgan fingerprint density at radius 2 is 1.68 bits per heavy atom. The van der Waals surface area contributed by atoms with Gasteiger partial charge in [0.25, 0.3) is 5.56 Å². The van der Waals surface area contributed by atoms with E-state index in [1.165, 1.54) is 23.8 Å². The molecule has 5 rings (SSSR count). The van der Waals surface area contributed by atoms with E-state index >= 15 is 0 Å². The molecule has 1 heterocycles. The van der Waals surface area contributed by atoms with Crippen molar-refractivity contribution in [1.29, 1.82) is 0 Å².